The SMILES string of the molecule is Cc1cc(C(=O)CCN2CCN(C)CC2)ccc1N(C)C. The molecular weight excluding hydrogens is 262 g/mol. The van der Waals surface area contributed by atoms with E-state index in [0.29, 0.717) is 6.42 Å². The van der Waals surface area contributed by atoms with Crippen molar-refractivity contribution < 1.29 is 4.79 Å². The molecule has 4 heteroatoms. The Morgan fingerprint density at radius 1 is 1.19 bits per heavy atom. The molecule has 0 saturated carbocycles. The number of ketones is 1. The van der Waals surface area contributed by atoms with Crippen LogP contribution in [0.5, 0.6) is 0 Å². The smallest absolute Gasteiger partial charge is 0.164 e. The Balaban J connectivity index is 1.90. The standard InChI is InChI=1S/C17H27N3O/c1-14-13-15(5-6-16(14)18(2)3)17(21)7-8-20-11-9-19(4)10-12-20/h5-6,13H,7-12H2,1-4H3. The highest BCUT2D eigenvalue weighted by Gasteiger charge is 2.15. The molecule has 1 fully saturated rings. The largest absolute Gasteiger partial charge is 0.377 e. The van der Waals surface area contributed by atoms with Gasteiger partial charge in [0.25, 0.3) is 0 Å². The summed E-state index contributed by atoms with van der Waals surface area (Å²) in [7, 11) is 6.20. The van der Waals surface area contributed by atoms with Crippen LogP contribution in [0.1, 0.15) is 22.3 Å². The van der Waals surface area contributed by atoms with Crippen LogP contribution in [0.15, 0.2) is 18.2 Å². The molecule has 0 aromatic heterocycles. The van der Waals surface area contributed by atoms with Crippen LogP contribution in [-0.2, 0) is 0 Å². The van der Waals surface area contributed by atoms with Crippen LogP contribution < -0.4 is 4.90 Å². The van der Waals surface area contributed by atoms with Gasteiger partial charge in [-0.1, -0.05) is 0 Å². The van der Waals surface area contributed by atoms with Gasteiger partial charge >= 0.3 is 0 Å². The summed E-state index contributed by atoms with van der Waals surface area (Å²) in [5.41, 5.74) is 3.17. The summed E-state index contributed by atoms with van der Waals surface area (Å²) in [6.45, 7) is 7.29. The maximum Gasteiger partial charge on any atom is 0.164 e. The summed E-state index contributed by atoms with van der Waals surface area (Å²) < 4.78 is 0. The molecule has 0 N–H and O–H groups in total. The lowest BCUT2D eigenvalue weighted by molar-refractivity contribution is 0.0942. The van der Waals surface area contributed by atoms with Crippen LogP contribution >= 0.6 is 0 Å². The third-order valence-corrected chi connectivity index (χ3v) is 4.25. The van der Waals surface area contributed by atoms with E-state index in [2.05, 4.69) is 28.7 Å². The van der Waals surface area contributed by atoms with Crippen molar-refractivity contribution in [2.24, 2.45) is 0 Å². The van der Waals surface area contributed by atoms with E-state index < -0.39 is 0 Å². The molecule has 1 aliphatic heterocycles. The lowest BCUT2D eigenvalue weighted by Gasteiger charge is -2.32. The molecule has 1 aliphatic rings. The Morgan fingerprint density at radius 2 is 1.86 bits per heavy atom. The summed E-state index contributed by atoms with van der Waals surface area (Å²) in [6.07, 6.45) is 0.616. The van der Waals surface area contributed by atoms with Gasteiger partial charge in [0.05, 0.1) is 0 Å². The van der Waals surface area contributed by atoms with Crippen molar-refractivity contribution in [1.82, 2.24) is 9.80 Å². The Labute approximate surface area is 128 Å². The van der Waals surface area contributed by atoms with Crippen LogP contribution in [0.2, 0.25) is 0 Å². The molecule has 21 heavy (non-hydrogen) atoms. The average Bonchev–Trinajstić information content (AvgIpc) is 2.45. The first kappa shape index (κ1) is 16.0. The molecule has 4 nitrogen and oxygen atoms in total. The number of Topliss-reactive ketones (excluding diaryl/α,β-unsaturated/α-hetero) is 1. The van der Waals surface area contributed by atoms with Crippen molar-refractivity contribution in [3.63, 3.8) is 0 Å². The molecule has 1 heterocycles. The van der Waals surface area contributed by atoms with Crippen LogP contribution in [-0.4, -0.2) is 69.4 Å². The van der Waals surface area contributed by atoms with E-state index >= 15 is 0 Å². The number of anilines is 1. The Kier molecular flexibility index (Phi) is 5.37. The first-order chi connectivity index (χ1) is 9.97. The molecular formula is C17H27N3O. The van der Waals surface area contributed by atoms with E-state index in [0.717, 1.165) is 43.9 Å². The first-order valence-electron chi connectivity index (χ1n) is 7.69. The van der Waals surface area contributed by atoms with Gasteiger partial charge in [-0.05, 0) is 37.7 Å². The maximum atomic E-state index is 12.3. The van der Waals surface area contributed by atoms with Crippen LogP contribution in [0, 0.1) is 6.92 Å². The number of aryl methyl sites for hydroxylation is 1. The van der Waals surface area contributed by atoms with Gasteiger partial charge in [0, 0.05) is 64.5 Å². The molecule has 1 aromatic carbocycles. The van der Waals surface area contributed by atoms with E-state index in [9.17, 15) is 4.79 Å². The lowest BCUT2D eigenvalue weighted by atomic mass is 10.0. The fourth-order valence-corrected chi connectivity index (χ4v) is 2.81. The van der Waals surface area contributed by atoms with Gasteiger partial charge in [0.15, 0.2) is 5.78 Å². The molecule has 0 aliphatic carbocycles. The average molecular weight is 289 g/mol. The molecule has 0 bridgehead atoms. The molecule has 1 aromatic rings. The van der Waals surface area contributed by atoms with Gasteiger partial charge in [-0.25, -0.2) is 0 Å². The second kappa shape index (κ2) is 7.05. The third-order valence-electron chi connectivity index (χ3n) is 4.25. The van der Waals surface area contributed by atoms with Crippen molar-refractivity contribution >= 4 is 11.5 Å². The highest BCUT2D eigenvalue weighted by Crippen LogP contribution is 2.20. The zero-order valence-corrected chi connectivity index (χ0v) is 13.7. The summed E-state index contributed by atoms with van der Waals surface area (Å²) in [5, 5.41) is 0. The number of benzene rings is 1. The maximum absolute atomic E-state index is 12.3. The number of hydrogen-bond acceptors (Lipinski definition) is 4. The van der Waals surface area contributed by atoms with E-state index in [1.807, 2.05) is 32.3 Å². The van der Waals surface area contributed by atoms with Crippen molar-refractivity contribution in [2.45, 2.75) is 13.3 Å². The molecule has 0 unspecified atom stereocenters. The molecule has 0 atom stereocenters. The van der Waals surface area contributed by atoms with Gasteiger partial charge in [0.2, 0.25) is 0 Å². The van der Waals surface area contributed by atoms with Crippen molar-refractivity contribution in [3.05, 3.63) is 29.3 Å². The highest BCUT2D eigenvalue weighted by atomic mass is 16.1. The molecule has 2 rings (SSSR count). The van der Waals surface area contributed by atoms with Crippen LogP contribution in [0.25, 0.3) is 0 Å². The monoisotopic (exact) mass is 289 g/mol. The number of nitrogens with zero attached hydrogens (tertiary/aromatic N) is 3. The number of hydrogen-bond donors (Lipinski definition) is 0. The summed E-state index contributed by atoms with van der Waals surface area (Å²) >= 11 is 0. The quantitative estimate of drug-likeness (QED) is 0.773. The Bertz CT molecular complexity index is 491. The fraction of sp³-hybridized carbons (Fsp3) is 0.588. The number of carbonyl (C=O) groups excluding carboxylic acids is 1. The zero-order chi connectivity index (χ0) is 15.4. The summed E-state index contributed by atoms with van der Waals surface area (Å²) in [4.78, 5) is 19.1. The Hall–Kier alpha value is -1.39. The van der Waals surface area contributed by atoms with Gasteiger partial charge in [-0.2, -0.15) is 0 Å². The molecule has 1 saturated heterocycles. The van der Waals surface area contributed by atoms with Gasteiger partial charge < -0.3 is 14.7 Å². The molecule has 0 spiro atoms. The zero-order valence-electron chi connectivity index (χ0n) is 13.7. The number of piperazine rings is 1. The van der Waals surface area contributed by atoms with Crippen molar-refractivity contribution in [2.75, 3.05) is 58.8 Å². The normalized spacial score (nSPS) is 17.0. The van der Waals surface area contributed by atoms with Crippen molar-refractivity contribution in [3.8, 4) is 0 Å². The highest BCUT2D eigenvalue weighted by molar-refractivity contribution is 5.96. The minimum Gasteiger partial charge on any atom is -0.377 e. The first-order valence-corrected chi connectivity index (χ1v) is 7.69. The lowest BCUT2D eigenvalue weighted by Crippen LogP contribution is -2.45. The van der Waals surface area contributed by atoms with Crippen molar-refractivity contribution in [1.29, 1.82) is 0 Å². The summed E-state index contributed by atoms with van der Waals surface area (Å²) in [5.74, 6) is 0.252. The van der Waals surface area contributed by atoms with Crippen LogP contribution in [0.3, 0.4) is 0 Å². The number of carbonyl (C=O) groups is 1. The number of rotatable bonds is 5. The topological polar surface area (TPSA) is 26.8 Å². The van der Waals surface area contributed by atoms with E-state index in [1.54, 1.807) is 0 Å². The fourth-order valence-electron chi connectivity index (χ4n) is 2.81. The number of likely N-dealkylation sites (N-methyl/N-ethyl adjacent to an activating group) is 1. The second-order valence-electron chi connectivity index (χ2n) is 6.21. The van der Waals surface area contributed by atoms with E-state index in [-0.39, 0.29) is 5.78 Å². The second-order valence-corrected chi connectivity index (χ2v) is 6.21. The van der Waals surface area contributed by atoms with Gasteiger partial charge in [-0.15, -0.1) is 0 Å². The molecule has 0 radical (unpaired) electrons. The summed E-state index contributed by atoms with van der Waals surface area (Å²) in [6, 6.07) is 6.01. The molecule has 0 amide bonds. The minimum atomic E-state index is 0.252. The van der Waals surface area contributed by atoms with Gasteiger partial charge in [0.1, 0.15) is 0 Å². The molecule has 116 valence electrons. The predicted octanol–water partition coefficient (Wildman–Crippen LogP) is 1.88. The van der Waals surface area contributed by atoms with Gasteiger partial charge in [-0.3, -0.25) is 4.79 Å². The predicted molar refractivity (Wildman–Crippen MR) is 88.4 cm³/mol. The van der Waals surface area contributed by atoms with E-state index in [4.69, 9.17) is 0 Å². The van der Waals surface area contributed by atoms with Crippen LogP contribution in [0.4, 0.5) is 5.69 Å². The Morgan fingerprint density at radius 3 is 2.43 bits per heavy atom. The van der Waals surface area contributed by atoms with E-state index in [1.165, 1.54) is 5.69 Å². The minimum absolute atomic E-state index is 0.252. The third kappa shape index (κ3) is 4.29.